The van der Waals surface area contributed by atoms with Crippen molar-refractivity contribution in [2.24, 2.45) is 10.2 Å². The van der Waals surface area contributed by atoms with Crippen LogP contribution in [0.5, 0.6) is 5.75 Å². The highest BCUT2D eigenvalue weighted by Gasteiger charge is 2.23. The van der Waals surface area contributed by atoms with Crippen LogP contribution in [0.25, 0.3) is 20.8 Å². The molecule has 1 aromatic heterocycles. The number of para-hydroxylation sites is 2. The third kappa shape index (κ3) is 6.41. The summed E-state index contributed by atoms with van der Waals surface area (Å²) in [5.74, 6) is -1.06. The van der Waals surface area contributed by atoms with Crippen LogP contribution in [-0.4, -0.2) is 49.0 Å². The Morgan fingerprint density at radius 3 is 2.37 bits per heavy atom. The number of benzene rings is 3. The van der Waals surface area contributed by atoms with Gasteiger partial charge in [0.25, 0.3) is 26.1 Å². The molecule has 0 aliphatic rings. The summed E-state index contributed by atoms with van der Waals surface area (Å²) in [5.41, 5.74) is -0.181. The van der Waals surface area contributed by atoms with Crippen LogP contribution in [-0.2, 0) is 25.0 Å². The van der Waals surface area contributed by atoms with Crippen LogP contribution in [0.3, 0.4) is 0 Å². The SMILES string of the molecule is COc1ccccc1NC(=O)/C(N=Nc1ccc(-c2nc3c(S(=O)(=O)O)c(C)ccc3s2)cc1S(=O)(=O)O)=C(\C)O. The molecule has 0 bridgehead atoms. The van der Waals surface area contributed by atoms with Gasteiger partial charge in [-0.2, -0.15) is 16.8 Å². The number of allylic oxidation sites excluding steroid dienone is 1. The number of aryl methyl sites for hydroxylation is 1. The highest BCUT2D eigenvalue weighted by Crippen LogP contribution is 2.37. The first-order chi connectivity index (χ1) is 19.2. The number of hydrogen-bond donors (Lipinski definition) is 4. The van der Waals surface area contributed by atoms with E-state index in [0.717, 1.165) is 17.4 Å². The van der Waals surface area contributed by atoms with E-state index in [1.165, 1.54) is 39.2 Å². The molecule has 3 aromatic carbocycles. The molecule has 0 atom stereocenters. The fourth-order valence-corrected chi connectivity index (χ4v) is 6.33. The molecule has 4 aromatic rings. The number of aromatic nitrogens is 1. The highest BCUT2D eigenvalue weighted by molar-refractivity contribution is 7.86. The van der Waals surface area contributed by atoms with Gasteiger partial charge in [-0.15, -0.1) is 21.6 Å². The predicted octanol–water partition coefficient (Wildman–Crippen LogP) is 5.29. The summed E-state index contributed by atoms with van der Waals surface area (Å²) in [6, 6.07) is 13.2. The first-order valence-corrected chi connectivity index (χ1v) is 15.2. The minimum atomic E-state index is -4.89. The van der Waals surface area contributed by atoms with Crippen molar-refractivity contribution in [2.75, 3.05) is 12.4 Å². The first-order valence-electron chi connectivity index (χ1n) is 11.5. The van der Waals surface area contributed by atoms with E-state index < -0.39 is 42.5 Å². The molecule has 0 saturated heterocycles. The number of rotatable bonds is 8. The van der Waals surface area contributed by atoms with E-state index in [-0.39, 0.29) is 37.9 Å². The Morgan fingerprint density at radius 2 is 1.73 bits per heavy atom. The largest absolute Gasteiger partial charge is 0.510 e. The lowest BCUT2D eigenvalue weighted by molar-refractivity contribution is -0.113. The van der Waals surface area contributed by atoms with Crippen molar-refractivity contribution in [3.8, 4) is 16.3 Å². The zero-order chi connectivity index (χ0) is 30.1. The molecule has 16 heteroatoms. The summed E-state index contributed by atoms with van der Waals surface area (Å²) < 4.78 is 73.5. The van der Waals surface area contributed by atoms with Crippen LogP contribution in [0.1, 0.15) is 12.5 Å². The van der Waals surface area contributed by atoms with Crippen LogP contribution in [0.4, 0.5) is 11.4 Å². The summed E-state index contributed by atoms with van der Waals surface area (Å²) in [4.78, 5) is 16.0. The number of hydrogen-bond acceptors (Lipinski definition) is 11. The molecule has 0 aliphatic heterocycles. The van der Waals surface area contributed by atoms with Crippen molar-refractivity contribution in [3.63, 3.8) is 0 Å². The van der Waals surface area contributed by atoms with Gasteiger partial charge in [0.05, 0.1) is 17.5 Å². The lowest BCUT2D eigenvalue weighted by Gasteiger charge is -2.10. The molecular formula is C25H22N4O9S3. The van der Waals surface area contributed by atoms with Gasteiger partial charge in [-0.05, 0) is 55.8 Å². The molecule has 0 fully saturated rings. The maximum Gasteiger partial charge on any atom is 0.296 e. The number of azo groups is 1. The number of thiazole rings is 1. The maximum atomic E-state index is 12.8. The molecule has 0 spiro atoms. The van der Waals surface area contributed by atoms with Crippen LogP contribution < -0.4 is 10.1 Å². The van der Waals surface area contributed by atoms with Crippen LogP contribution in [0.2, 0.25) is 0 Å². The molecule has 13 nitrogen and oxygen atoms in total. The number of methoxy groups -OCH3 is 1. The van der Waals surface area contributed by atoms with Gasteiger partial charge in [-0.3, -0.25) is 13.9 Å². The average molecular weight is 619 g/mol. The standard InChI is InChI=1S/C25H22N4O9S3/c1-13-8-11-19-22(23(13)41(35,36)37)27-25(39-19)15-9-10-17(20(12-15)40(32,33)34)28-29-21(14(2)30)24(31)26-16-6-4-5-7-18(16)38-3/h4-12,30H,1-3H3,(H,26,31)(H,32,33,34)(H,35,36,37)/b21-14-,29-28?. The van der Waals surface area contributed by atoms with Gasteiger partial charge >= 0.3 is 0 Å². The minimum absolute atomic E-state index is 0.000992. The number of aliphatic hydroxyl groups is 1. The van der Waals surface area contributed by atoms with Gasteiger partial charge in [-0.25, -0.2) is 4.98 Å². The monoisotopic (exact) mass is 618 g/mol. The van der Waals surface area contributed by atoms with Crippen LogP contribution in [0.15, 0.2) is 86.1 Å². The lowest BCUT2D eigenvalue weighted by atomic mass is 10.2. The van der Waals surface area contributed by atoms with Crippen molar-refractivity contribution in [2.45, 2.75) is 23.6 Å². The minimum Gasteiger partial charge on any atom is -0.510 e. The van der Waals surface area contributed by atoms with Gasteiger partial charge in [0.15, 0.2) is 5.70 Å². The molecule has 1 amide bonds. The van der Waals surface area contributed by atoms with Gasteiger partial charge in [0, 0.05) is 5.56 Å². The maximum absolute atomic E-state index is 12.8. The van der Waals surface area contributed by atoms with Crippen LogP contribution in [0, 0.1) is 6.92 Å². The highest BCUT2D eigenvalue weighted by atomic mass is 32.2. The normalized spacial score (nSPS) is 12.9. The van der Waals surface area contributed by atoms with Gasteiger partial charge in [0.2, 0.25) is 0 Å². The smallest absolute Gasteiger partial charge is 0.296 e. The molecule has 1 heterocycles. The average Bonchev–Trinajstić information content (AvgIpc) is 3.31. The van der Waals surface area contributed by atoms with Crippen molar-refractivity contribution in [3.05, 3.63) is 71.6 Å². The molecule has 41 heavy (non-hydrogen) atoms. The van der Waals surface area contributed by atoms with Crippen molar-refractivity contribution >= 4 is 59.1 Å². The Balaban J connectivity index is 1.74. The first kappa shape index (κ1) is 29.8. The molecular weight excluding hydrogens is 596 g/mol. The quantitative estimate of drug-likeness (QED) is 0.0869. The van der Waals surface area contributed by atoms with Crippen molar-refractivity contribution in [1.82, 2.24) is 4.98 Å². The second-order valence-electron chi connectivity index (χ2n) is 8.50. The summed E-state index contributed by atoms with van der Waals surface area (Å²) in [6.07, 6.45) is 0. The number of anilines is 1. The van der Waals surface area contributed by atoms with Crippen LogP contribution >= 0.6 is 11.3 Å². The van der Waals surface area contributed by atoms with E-state index in [1.54, 1.807) is 30.3 Å². The summed E-state index contributed by atoms with van der Waals surface area (Å²) >= 11 is 1.02. The fraction of sp³-hybridized carbons (Fsp3) is 0.120. The molecule has 0 unspecified atom stereocenters. The number of nitrogens with zero attached hydrogens (tertiary/aromatic N) is 3. The molecule has 4 N–H and O–H groups in total. The zero-order valence-electron chi connectivity index (χ0n) is 21.6. The van der Waals surface area contributed by atoms with Gasteiger partial charge in [0.1, 0.15) is 37.5 Å². The zero-order valence-corrected chi connectivity index (χ0v) is 24.0. The van der Waals surface area contributed by atoms with E-state index in [1.807, 2.05) is 0 Å². The number of amides is 1. The second kappa shape index (κ2) is 11.3. The second-order valence-corrected chi connectivity index (χ2v) is 12.3. The Kier molecular flexibility index (Phi) is 8.23. The Bertz CT molecular complexity index is 1960. The predicted molar refractivity (Wildman–Crippen MR) is 151 cm³/mol. The summed E-state index contributed by atoms with van der Waals surface area (Å²) in [7, 11) is -8.09. The van der Waals surface area contributed by atoms with Crippen molar-refractivity contribution in [1.29, 1.82) is 0 Å². The molecule has 0 radical (unpaired) electrons. The molecule has 4 rings (SSSR count). The third-order valence-corrected chi connectivity index (χ3v) is 8.61. The lowest BCUT2D eigenvalue weighted by Crippen LogP contribution is -2.15. The van der Waals surface area contributed by atoms with Gasteiger partial charge < -0.3 is 15.2 Å². The summed E-state index contributed by atoms with van der Waals surface area (Å²) in [5, 5.41) is 20.3. The third-order valence-electron chi connectivity index (χ3n) is 5.62. The van der Waals surface area contributed by atoms with E-state index in [0.29, 0.717) is 10.4 Å². The van der Waals surface area contributed by atoms with E-state index in [4.69, 9.17) is 4.74 Å². The number of aliphatic hydroxyl groups excluding tert-OH is 1. The molecule has 214 valence electrons. The molecule has 0 saturated carbocycles. The van der Waals surface area contributed by atoms with E-state index >= 15 is 0 Å². The topological polar surface area (TPSA) is 205 Å². The number of ether oxygens (including phenoxy) is 1. The van der Waals surface area contributed by atoms with E-state index in [9.17, 15) is 35.8 Å². The molecule has 0 aliphatic carbocycles. The Hall–Kier alpha value is -4.22. The van der Waals surface area contributed by atoms with Crippen molar-refractivity contribution < 1.29 is 40.6 Å². The van der Waals surface area contributed by atoms with Gasteiger partial charge in [-0.1, -0.05) is 18.2 Å². The summed E-state index contributed by atoms with van der Waals surface area (Å²) in [6.45, 7) is 2.67. The van der Waals surface area contributed by atoms with E-state index in [2.05, 4.69) is 20.5 Å². The number of carbonyl (C=O) groups excluding carboxylic acids is 1. The number of fused-ring (bicyclic) bond motifs is 1. The number of carbonyl (C=O) groups is 1. The number of nitrogens with one attached hydrogen (secondary N) is 1. The fourth-order valence-electron chi connectivity index (χ4n) is 3.77. The Labute approximate surface area is 238 Å². The Morgan fingerprint density at radius 1 is 1.02 bits per heavy atom.